The van der Waals surface area contributed by atoms with Crippen LogP contribution in [-0.4, -0.2) is 68.5 Å². The predicted octanol–water partition coefficient (Wildman–Crippen LogP) is 15.6. The lowest BCUT2D eigenvalue weighted by molar-refractivity contribution is -0.870. The van der Waals surface area contributed by atoms with E-state index >= 15 is 0 Å². The Bertz CT molecular complexity index is 1140. The molecule has 0 aliphatic heterocycles. The summed E-state index contributed by atoms with van der Waals surface area (Å²) in [5, 5.41) is 13.8. The number of likely N-dealkylation sites (N-methyl/N-ethyl adjacent to an activating group) is 1. The Labute approximate surface area is 397 Å². The molecule has 3 atom stereocenters. The number of hydrogen-bond donors (Lipinski definition) is 2. The molecule has 0 aliphatic rings. The zero-order valence-electron chi connectivity index (χ0n) is 43.0. The number of nitrogens with one attached hydrogen (secondary N) is 1. The molecule has 0 spiro atoms. The minimum absolute atomic E-state index is 0.00532. The molecule has 0 aromatic heterocycles. The molecule has 0 rings (SSSR count). The van der Waals surface area contributed by atoms with Crippen LogP contribution in [0.25, 0.3) is 0 Å². The summed E-state index contributed by atoms with van der Waals surface area (Å²) in [6.07, 6.45) is 59.5. The number of rotatable bonds is 50. The van der Waals surface area contributed by atoms with Gasteiger partial charge in [-0.25, -0.2) is 0 Å². The van der Waals surface area contributed by atoms with Crippen LogP contribution < -0.4 is 10.2 Å². The van der Waals surface area contributed by atoms with Crippen molar-refractivity contribution in [2.75, 3.05) is 40.9 Å². The monoisotopic (exact) mass is 923 g/mol. The number of aliphatic hydroxyl groups excluding tert-OH is 1. The maximum Gasteiger partial charge on any atom is 0.268 e. The number of phosphoric acid groups is 1. The van der Waals surface area contributed by atoms with Crippen LogP contribution in [0.4, 0.5) is 0 Å². The van der Waals surface area contributed by atoms with Crippen molar-refractivity contribution in [2.45, 2.75) is 270 Å². The Morgan fingerprint density at radius 1 is 0.531 bits per heavy atom. The highest BCUT2D eigenvalue weighted by atomic mass is 31.2. The molecule has 0 fully saturated rings. The second-order valence-corrected chi connectivity index (χ2v) is 21.3. The van der Waals surface area contributed by atoms with Gasteiger partial charge in [-0.05, 0) is 57.8 Å². The van der Waals surface area contributed by atoms with E-state index in [2.05, 4.69) is 43.5 Å². The van der Waals surface area contributed by atoms with Crippen molar-refractivity contribution in [2.24, 2.45) is 0 Å². The van der Waals surface area contributed by atoms with Gasteiger partial charge in [-0.3, -0.25) is 9.36 Å². The fourth-order valence-electron chi connectivity index (χ4n) is 7.99. The van der Waals surface area contributed by atoms with E-state index < -0.39 is 26.6 Å². The highest BCUT2D eigenvalue weighted by molar-refractivity contribution is 7.45. The van der Waals surface area contributed by atoms with Gasteiger partial charge in [0.05, 0.1) is 39.9 Å². The molecule has 8 nitrogen and oxygen atoms in total. The Kier molecular flexibility index (Phi) is 45.9. The Hall–Kier alpha value is -1.28. The van der Waals surface area contributed by atoms with Crippen LogP contribution in [0.2, 0.25) is 0 Å². The van der Waals surface area contributed by atoms with Crippen molar-refractivity contribution in [1.29, 1.82) is 0 Å². The molecule has 0 heterocycles. The lowest BCUT2D eigenvalue weighted by Crippen LogP contribution is -2.45. The van der Waals surface area contributed by atoms with Gasteiger partial charge in [-0.2, -0.15) is 0 Å². The largest absolute Gasteiger partial charge is 0.756 e. The van der Waals surface area contributed by atoms with Crippen LogP contribution in [0.15, 0.2) is 36.5 Å². The summed E-state index contributed by atoms with van der Waals surface area (Å²) in [4.78, 5) is 25.4. The number of carbonyl (C=O) groups is 1. The van der Waals surface area contributed by atoms with Crippen LogP contribution in [0.1, 0.15) is 258 Å². The molecular formula is C55H107N2O6P. The second-order valence-electron chi connectivity index (χ2n) is 19.9. The number of nitrogens with zero attached hydrogens (tertiary/aromatic N) is 1. The SMILES string of the molecule is CCCCCCC/C=C/CC/C=C/C(O)C(COP(=O)([O-])OCC[N+](C)(C)C)NC(=O)CCCCCCCCCCCCCCCCCCCCC/C=C\CCCCCCCCCC. The van der Waals surface area contributed by atoms with Gasteiger partial charge in [-0.15, -0.1) is 0 Å². The molecular weight excluding hydrogens is 816 g/mol. The molecule has 64 heavy (non-hydrogen) atoms. The minimum Gasteiger partial charge on any atom is -0.756 e. The van der Waals surface area contributed by atoms with Crippen molar-refractivity contribution in [1.82, 2.24) is 5.32 Å². The number of allylic oxidation sites excluding steroid dienone is 5. The first-order valence-corrected chi connectivity index (χ1v) is 28.8. The molecule has 0 aromatic rings. The average Bonchev–Trinajstić information content (AvgIpc) is 3.25. The number of amides is 1. The van der Waals surface area contributed by atoms with Crippen LogP contribution >= 0.6 is 7.82 Å². The zero-order valence-corrected chi connectivity index (χ0v) is 43.9. The lowest BCUT2D eigenvalue weighted by atomic mass is 10.0. The van der Waals surface area contributed by atoms with Gasteiger partial charge in [-0.1, -0.05) is 230 Å². The van der Waals surface area contributed by atoms with Crippen molar-refractivity contribution in [3.63, 3.8) is 0 Å². The fourth-order valence-corrected chi connectivity index (χ4v) is 8.71. The van der Waals surface area contributed by atoms with Crippen molar-refractivity contribution < 1.29 is 32.9 Å². The second kappa shape index (κ2) is 46.8. The van der Waals surface area contributed by atoms with Gasteiger partial charge in [0.25, 0.3) is 7.82 Å². The topological polar surface area (TPSA) is 108 Å². The molecule has 0 saturated carbocycles. The number of carbonyl (C=O) groups excluding carboxylic acids is 1. The number of quaternary nitrogens is 1. The zero-order chi connectivity index (χ0) is 47.1. The summed E-state index contributed by atoms with van der Waals surface area (Å²) in [5.74, 6) is -0.206. The summed E-state index contributed by atoms with van der Waals surface area (Å²) in [6.45, 7) is 4.61. The molecule has 9 heteroatoms. The quantitative estimate of drug-likeness (QED) is 0.0272. The third kappa shape index (κ3) is 48.6. The molecule has 378 valence electrons. The van der Waals surface area contributed by atoms with E-state index in [1.54, 1.807) is 6.08 Å². The fraction of sp³-hybridized carbons (Fsp3) is 0.873. The van der Waals surface area contributed by atoms with E-state index in [4.69, 9.17) is 9.05 Å². The van der Waals surface area contributed by atoms with Gasteiger partial charge < -0.3 is 28.8 Å². The van der Waals surface area contributed by atoms with Gasteiger partial charge in [0.1, 0.15) is 13.2 Å². The number of hydrogen-bond acceptors (Lipinski definition) is 6. The van der Waals surface area contributed by atoms with E-state index in [9.17, 15) is 19.4 Å². The van der Waals surface area contributed by atoms with Crippen molar-refractivity contribution in [3.8, 4) is 0 Å². The van der Waals surface area contributed by atoms with Crippen LogP contribution in [0, 0.1) is 0 Å². The van der Waals surface area contributed by atoms with E-state index in [-0.39, 0.29) is 12.5 Å². The number of aliphatic hydroxyl groups is 1. The maximum atomic E-state index is 12.9. The first kappa shape index (κ1) is 62.7. The van der Waals surface area contributed by atoms with Gasteiger partial charge in [0.15, 0.2) is 0 Å². The molecule has 0 aromatic carbocycles. The summed E-state index contributed by atoms with van der Waals surface area (Å²) in [6, 6.07) is -0.900. The van der Waals surface area contributed by atoms with E-state index in [1.807, 2.05) is 27.2 Å². The number of unbranched alkanes of at least 4 members (excludes halogenated alkanes) is 33. The molecule has 0 radical (unpaired) electrons. The maximum absolute atomic E-state index is 12.9. The summed E-state index contributed by atoms with van der Waals surface area (Å²) >= 11 is 0. The van der Waals surface area contributed by atoms with Crippen LogP contribution in [0.3, 0.4) is 0 Å². The lowest BCUT2D eigenvalue weighted by Gasteiger charge is -2.29. The highest BCUT2D eigenvalue weighted by Gasteiger charge is 2.23. The predicted molar refractivity (Wildman–Crippen MR) is 275 cm³/mol. The van der Waals surface area contributed by atoms with Gasteiger partial charge in [0.2, 0.25) is 5.91 Å². The van der Waals surface area contributed by atoms with E-state index in [0.717, 1.165) is 38.5 Å². The highest BCUT2D eigenvalue weighted by Crippen LogP contribution is 2.38. The van der Waals surface area contributed by atoms with Gasteiger partial charge in [0, 0.05) is 6.42 Å². The van der Waals surface area contributed by atoms with Crippen molar-refractivity contribution >= 4 is 13.7 Å². The van der Waals surface area contributed by atoms with Gasteiger partial charge >= 0.3 is 0 Å². The van der Waals surface area contributed by atoms with E-state index in [0.29, 0.717) is 17.4 Å². The Balaban J connectivity index is 4.01. The molecule has 2 N–H and O–H groups in total. The summed E-state index contributed by atoms with van der Waals surface area (Å²) < 4.78 is 23.2. The Morgan fingerprint density at radius 2 is 0.875 bits per heavy atom. The van der Waals surface area contributed by atoms with E-state index in [1.165, 1.54) is 199 Å². The molecule has 0 saturated heterocycles. The normalized spacial score (nSPS) is 14.3. The first-order chi connectivity index (χ1) is 31.0. The number of phosphoric ester groups is 1. The Morgan fingerprint density at radius 3 is 1.27 bits per heavy atom. The third-order valence-corrected chi connectivity index (χ3v) is 13.3. The third-order valence-electron chi connectivity index (χ3n) is 12.3. The van der Waals surface area contributed by atoms with Crippen molar-refractivity contribution in [3.05, 3.63) is 36.5 Å². The standard InChI is InChI=1S/C55H107N2O6P/c1-6-8-10-12-14-16-18-19-20-21-22-23-24-25-26-27-28-29-30-31-32-33-34-35-36-37-39-41-43-45-47-49-55(59)56-53(52-63-64(60,61)62-51-50-57(3,4)5)54(58)48-46-44-42-40-38-17-15-13-11-9-7-2/h21-22,38,40,46,48,53-54,58H,6-20,23-37,39,41-45,47,49-52H2,1-5H3,(H-,56,59,60,61)/b22-21-,40-38+,48-46+. The molecule has 0 aliphatic carbocycles. The van der Waals surface area contributed by atoms with Crippen LogP contribution in [-0.2, 0) is 18.4 Å². The first-order valence-electron chi connectivity index (χ1n) is 27.4. The summed E-state index contributed by atoms with van der Waals surface area (Å²) in [5.41, 5.74) is 0. The summed E-state index contributed by atoms with van der Waals surface area (Å²) in [7, 11) is 1.25. The molecule has 0 bridgehead atoms. The average molecular weight is 923 g/mol. The molecule has 3 unspecified atom stereocenters. The van der Waals surface area contributed by atoms with Crippen LogP contribution in [0.5, 0.6) is 0 Å². The molecule has 1 amide bonds. The minimum atomic E-state index is -4.59. The smallest absolute Gasteiger partial charge is 0.268 e.